The number of hydrogen-bond acceptors (Lipinski definition) is 12. The molecule has 4 aromatic rings. The van der Waals surface area contributed by atoms with Crippen LogP contribution >= 0.6 is 0 Å². The number of carbonyl (C=O) groups is 6. The minimum atomic E-state index is -0.903. The molecule has 0 aliphatic heterocycles. The van der Waals surface area contributed by atoms with Gasteiger partial charge in [0.15, 0.2) is 0 Å². The molecule has 0 unspecified atom stereocenters. The molecule has 4 atom stereocenters. The fourth-order valence-electron chi connectivity index (χ4n) is 5.74. The number of rotatable bonds is 4. The van der Waals surface area contributed by atoms with Gasteiger partial charge in [-0.3, -0.25) is 28.3 Å². The van der Waals surface area contributed by atoms with E-state index in [-0.39, 0.29) is 23.7 Å². The Hall–Kier alpha value is -5.54. The van der Waals surface area contributed by atoms with Crippen LogP contribution in [0.25, 0.3) is 0 Å². The lowest BCUT2D eigenvalue weighted by Gasteiger charge is -2.29. The second-order valence-corrected chi connectivity index (χ2v) is 10.9. The summed E-state index contributed by atoms with van der Waals surface area (Å²) >= 11 is 0. The van der Waals surface area contributed by atoms with Gasteiger partial charge in [-0.1, -0.05) is 25.7 Å². The van der Waals surface area contributed by atoms with Crippen LogP contribution in [0.1, 0.15) is 61.0 Å². The molecular weight excluding hydrogens is 600 g/mol. The molecule has 4 aromatic heterocycles. The Morgan fingerprint density at radius 2 is 0.761 bits per heavy atom. The normalized spacial score (nSPS) is 20.9. The lowest BCUT2D eigenvalue weighted by atomic mass is 9.78. The standard InChI is InChI=1S/C16H16N4O6.C14H16N4O2/c21-13(25-15(23)19-7-5-17-9-19)11-3-1-2-4-12(11)14(22)26-16(24)20-8-6-18-10-20;19-13(17-7-5-15-9-17)11-3-1-2-4-12(11)14(20)18-8-6-16-10-18/h5-12H,1-4H2;5-12H,1-4H2/t2*11-,12-/m11/s1. The fourth-order valence-corrected chi connectivity index (χ4v) is 5.74. The Labute approximate surface area is 262 Å². The van der Waals surface area contributed by atoms with Gasteiger partial charge in [-0.15, -0.1) is 0 Å². The fraction of sp³-hybridized carbons (Fsp3) is 0.400. The third-order valence-electron chi connectivity index (χ3n) is 8.10. The van der Waals surface area contributed by atoms with Gasteiger partial charge in [-0.25, -0.2) is 38.7 Å². The molecule has 0 aromatic carbocycles. The molecule has 0 radical (unpaired) electrons. The summed E-state index contributed by atoms with van der Waals surface area (Å²) < 4.78 is 14.6. The van der Waals surface area contributed by atoms with Crippen molar-refractivity contribution >= 4 is 35.9 Å². The Morgan fingerprint density at radius 1 is 0.457 bits per heavy atom. The summed E-state index contributed by atoms with van der Waals surface area (Å²) in [6.45, 7) is 0. The van der Waals surface area contributed by atoms with E-state index >= 15 is 0 Å². The highest BCUT2D eigenvalue weighted by molar-refractivity contribution is 5.93. The molecule has 0 spiro atoms. The van der Waals surface area contributed by atoms with E-state index in [1.54, 1.807) is 24.8 Å². The van der Waals surface area contributed by atoms with E-state index < -0.39 is 36.0 Å². The first-order valence-electron chi connectivity index (χ1n) is 14.9. The lowest BCUT2D eigenvalue weighted by molar-refractivity contribution is -0.155. The summed E-state index contributed by atoms with van der Waals surface area (Å²) in [6.07, 6.45) is 21.1. The van der Waals surface area contributed by atoms with Crippen LogP contribution in [0.5, 0.6) is 0 Å². The molecular formula is C30H32N8O8. The molecule has 4 heterocycles. The number of aromatic nitrogens is 8. The number of carbonyl (C=O) groups excluding carboxylic acids is 6. The van der Waals surface area contributed by atoms with Crippen molar-refractivity contribution in [3.05, 3.63) is 74.9 Å². The second kappa shape index (κ2) is 15.0. The molecule has 0 bridgehead atoms. The maximum absolute atomic E-state index is 12.5. The average Bonchev–Trinajstić information content (AvgIpc) is 3.91. The lowest BCUT2D eigenvalue weighted by Crippen LogP contribution is -2.37. The van der Waals surface area contributed by atoms with E-state index in [0.29, 0.717) is 25.7 Å². The molecule has 2 aliphatic rings. The number of ether oxygens (including phenoxy) is 2. The van der Waals surface area contributed by atoms with E-state index in [1.807, 2.05) is 0 Å². The van der Waals surface area contributed by atoms with Crippen molar-refractivity contribution in [2.24, 2.45) is 23.7 Å². The van der Waals surface area contributed by atoms with E-state index in [0.717, 1.165) is 34.8 Å². The molecule has 16 nitrogen and oxygen atoms in total. The van der Waals surface area contributed by atoms with Crippen molar-refractivity contribution in [1.29, 1.82) is 0 Å². The van der Waals surface area contributed by atoms with Crippen molar-refractivity contribution in [1.82, 2.24) is 38.2 Å². The van der Waals surface area contributed by atoms with Crippen molar-refractivity contribution in [2.45, 2.75) is 51.4 Å². The zero-order valence-electron chi connectivity index (χ0n) is 24.7. The smallest absolute Gasteiger partial charge is 0.375 e. The van der Waals surface area contributed by atoms with E-state index in [2.05, 4.69) is 19.9 Å². The predicted molar refractivity (Wildman–Crippen MR) is 155 cm³/mol. The Balaban J connectivity index is 0.000000187. The van der Waals surface area contributed by atoms with E-state index in [9.17, 15) is 28.8 Å². The van der Waals surface area contributed by atoms with Gasteiger partial charge in [-0.2, -0.15) is 0 Å². The SMILES string of the molecule is O=C(OC(=O)n1ccnc1)[C@@H]1CCCC[C@H]1C(=O)OC(=O)n1ccnc1.O=C([C@@H]1CCCC[C@H]1C(=O)n1ccnc1)n1ccnc1. The first kappa shape index (κ1) is 31.9. The van der Waals surface area contributed by atoms with Crippen LogP contribution in [0.2, 0.25) is 0 Å². The highest BCUT2D eigenvalue weighted by Crippen LogP contribution is 2.33. The molecule has 0 N–H and O–H groups in total. The third-order valence-corrected chi connectivity index (χ3v) is 8.10. The first-order valence-corrected chi connectivity index (χ1v) is 14.9. The quantitative estimate of drug-likeness (QED) is 0.235. The van der Waals surface area contributed by atoms with Crippen LogP contribution in [0.4, 0.5) is 9.59 Å². The molecule has 0 saturated heterocycles. The Morgan fingerprint density at radius 3 is 1.07 bits per heavy atom. The summed E-state index contributed by atoms with van der Waals surface area (Å²) in [5.41, 5.74) is 0. The van der Waals surface area contributed by atoms with Crippen LogP contribution in [0, 0.1) is 23.7 Å². The number of nitrogens with zero attached hydrogens (tertiary/aromatic N) is 8. The topological polar surface area (TPSA) is 192 Å². The molecule has 46 heavy (non-hydrogen) atoms. The zero-order valence-corrected chi connectivity index (χ0v) is 24.7. The Bertz CT molecular complexity index is 1510. The monoisotopic (exact) mass is 632 g/mol. The summed E-state index contributed by atoms with van der Waals surface area (Å²) in [5, 5.41) is 0. The summed E-state index contributed by atoms with van der Waals surface area (Å²) in [4.78, 5) is 88.6. The van der Waals surface area contributed by atoms with Crippen molar-refractivity contribution < 1.29 is 38.2 Å². The largest absolute Gasteiger partial charge is 0.427 e. The molecule has 240 valence electrons. The van der Waals surface area contributed by atoms with Crippen molar-refractivity contribution in [2.75, 3.05) is 0 Å². The van der Waals surface area contributed by atoms with Gasteiger partial charge in [0, 0.05) is 49.6 Å². The zero-order chi connectivity index (χ0) is 32.5. The van der Waals surface area contributed by atoms with Gasteiger partial charge in [0.1, 0.15) is 25.3 Å². The van der Waals surface area contributed by atoms with Gasteiger partial charge < -0.3 is 9.47 Å². The molecule has 0 amide bonds. The minimum absolute atomic E-state index is 0.0411. The summed E-state index contributed by atoms with van der Waals surface area (Å²) in [5.74, 6) is -3.96. The van der Waals surface area contributed by atoms with Crippen LogP contribution in [0.3, 0.4) is 0 Å². The van der Waals surface area contributed by atoms with Crippen LogP contribution in [-0.4, -0.2) is 74.1 Å². The van der Waals surface area contributed by atoms with E-state index in [4.69, 9.17) is 9.47 Å². The third kappa shape index (κ3) is 7.57. The van der Waals surface area contributed by atoms with Crippen LogP contribution < -0.4 is 0 Å². The summed E-state index contributed by atoms with van der Waals surface area (Å²) in [7, 11) is 0. The number of imidazole rings is 4. The van der Waals surface area contributed by atoms with E-state index in [1.165, 1.54) is 59.2 Å². The second-order valence-electron chi connectivity index (χ2n) is 10.9. The number of esters is 2. The van der Waals surface area contributed by atoms with Crippen LogP contribution in [0.15, 0.2) is 74.9 Å². The highest BCUT2D eigenvalue weighted by Gasteiger charge is 2.40. The number of hydrogen-bond donors (Lipinski definition) is 0. The van der Waals surface area contributed by atoms with Crippen molar-refractivity contribution in [3.8, 4) is 0 Å². The Kier molecular flexibility index (Phi) is 10.4. The van der Waals surface area contributed by atoms with Gasteiger partial charge in [0.2, 0.25) is 11.8 Å². The maximum Gasteiger partial charge on any atom is 0.427 e. The van der Waals surface area contributed by atoms with Gasteiger partial charge in [0.25, 0.3) is 0 Å². The first-order chi connectivity index (χ1) is 22.3. The minimum Gasteiger partial charge on any atom is -0.375 e. The summed E-state index contributed by atoms with van der Waals surface area (Å²) in [6, 6.07) is 0. The van der Waals surface area contributed by atoms with Gasteiger partial charge >= 0.3 is 24.1 Å². The van der Waals surface area contributed by atoms with Crippen molar-refractivity contribution in [3.63, 3.8) is 0 Å². The molecule has 16 heteroatoms. The molecule has 6 rings (SSSR count). The molecule has 2 aliphatic carbocycles. The predicted octanol–water partition coefficient (Wildman–Crippen LogP) is 3.48. The molecule has 2 saturated carbocycles. The van der Waals surface area contributed by atoms with Crippen LogP contribution in [-0.2, 0) is 19.1 Å². The van der Waals surface area contributed by atoms with Gasteiger partial charge in [0.05, 0.1) is 23.7 Å². The molecule has 2 fully saturated rings. The maximum atomic E-state index is 12.5. The average molecular weight is 633 g/mol. The van der Waals surface area contributed by atoms with Gasteiger partial charge in [-0.05, 0) is 25.7 Å². The highest BCUT2D eigenvalue weighted by atomic mass is 16.6.